The predicted molar refractivity (Wildman–Crippen MR) is 133 cm³/mol. The molecule has 39 heavy (non-hydrogen) atoms. The second-order valence-electron chi connectivity index (χ2n) is 9.03. The van der Waals surface area contributed by atoms with Gasteiger partial charge in [-0.1, -0.05) is 6.07 Å². The third-order valence-electron chi connectivity index (χ3n) is 6.20. The van der Waals surface area contributed by atoms with Crippen molar-refractivity contribution < 1.29 is 46.5 Å². The predicted octanol–water partition coefficient (Wildman–Crippen LogP) is 3.17. The van der Waals surface area contributed by atoms with E-state index in [1.807, 2.05) is 0 Å². The van der Waals surface area contributed by atoms with Crippen LogP contribution in [0.4, 0.5) is 8.78 Å². The number of morpholine rings is 1. The highest BCUT2D eigenvalue weighted by Crippen LogP contribution is 2.36. The first-order valence-corrected chi connectivity index (χ1v) is 13.4. The number of nitrogens with zero attached hydrogens (tertiary/aromatic N) is 4. The van der Waals surface area contributed by atoms with Crippen LogP contribution in [0.25, 0.3) is 11.8 Å². The summed E-state index contributed by atoms with van der Waals surface area (Å²) in [5, 5.41) is 0. The largest absolute Gasteiger partial charge is 0.492 e. The number of phosphoric ester groups is 1. The van der Waals surface area contributed by atoms with E-state index in [0.29, 0.717) is 22.7 Å². The second-order valence-corrected chi connectivity index (χ2v) is 10.3. The molecule has 2 N–H and O–H groups in total. The lowest BCUT2D eigenvalue weighted by Gasteiger charge is -2.37. The van der Waals surface area contributed by atoms with Gasteiger partial charge in [0.25, 0.3) is 12.2 Å². The number of benzene rings is 1. The maximum atomic E-state index is 14.3. The minimum Gasteiger partial charge on any atom is -0.492 e. The molecule has 0 aliphatic carbocycles. The van der Waals surface area contributed by atoms with E-state index in [1.54, 1.807) is 62.1 Å². The standard InChI is InChI=1S/C25H27F2N4O7P/c1-15-11-29(13-30(15)14-37-39(33,34)35)20-7-5-18(9-21(20)36-4)10-22-25(32)31(12-16(2)38-22)17(3)19-6-8-23(26)28-24(19)27/h5-11,13,16-17H,12,14H2,1-4H3,(H-,33,34,35)/p+1/t16-,17-/m0/s1. The summed E-state index contributed by atoms with van der Waals surface area (Å²) in [6, 6.07) is 6.79. The average molecular weight is 565 g/mol. The van der Waals surface area contributed by atoms with E-state index < -0.39 is 31.7 Å². The molecule has 1 aromatic carbocycles. The molecule has 1 amide bonds. The van der Waals surface area contributed by atoms with Gasteiger partial charge in [-0.2, -0.15) is 18.3 Å². The number of methoxy groups -OCH3 is 1. The van der Waals surface area contributed by atoms with Crippen molar-refractivity contribution in [2.45, 2.75) is 39.6 Å². The molecule has 208 valence electrons. The zero-order valence-electron chi connectivity index (χ0n) is 21.6. The van der Waals surface area contributed by atoms with Gasteiger partial charge < -0.3 is 24.2 Å². The summed E-state index contributed by atoms with van der Waals surface area (Å²) in [4.78, 5) is 35.9. The lowest BCUT2D eigenvalue weighted by molar-refractivity contribution is -0.596. The Labute approximate surface area is 223 Å². The molecule has 11 nitrogen and oxygen atoms in total. The van der Waals surface area contributed by atoms with Crippen LogP contribution in [0.5, 0.6) is 5.75 Å². The number of halogens is 2. The normalized spacial score (nSPS) is 17.8. The minimum absolute atomic E-state index is 0.0510. The molecular formula is C25H28F2N4O7P+. The van der Waals surface area contributed by atoms with Gasteiger partial charge in [-0.25, -0.2) is 13.7 Å². The summed E-state index contributed by atoms with van der Waals surface area (Å²) in [5.74, 6) is -1.88. The molecule has 0 unspecified atom stereocenters. The molecule has 1 aliphatic rings. The number of ether oxygens (including phenoxy) is 2. The smallest absolute Gasteiger partial charge is 0.472 e. The molecule has 0 saturated carbocycles. The Balaban J connectivity index is 1.60. The monoisotopic (exact) mass is 565 g/mol. The van der Waals surface area contributed by atoms with E-state index in [2.05, 4.69) is 9.51 Å². The average Bonchev–Trinajstić information content (AvgIpc) is 3.24. The number of aromatic nitrogens is 3. The number of aryl methyl sites for hydroxylation is 1. The zero-order valence-corrected chi connectivity index (χ0v) is 22.5. The fourth-order valence-electron chi connectivity index (χ4n) is 4.24. The van der Waals surface area contributed by atoms with Gasteiger partial charge in [-0.15, -0.1) is 0 Å². The van der Waals surface area contributed by atoms with Gasteiger partial charge in [0.15, 0.2) is 17.2 Å². The van der Waals surface area contributed by atoms with Gasteiger partial charge in [0.2, 0.25) is 18.6 Å². The van der Waals surface area contributed by atoms with Crippen LogP contribution >= 0.6 is 7.82 Å². The summed E-state index contributed by atoms with van der Waals surface area (Å²) in [6.07, 6.45) is 4.50. The maximum Gasteiger partial charge on any atom is 0.472 e. The molecule has 1 aliphatic heterocycles. The molecule has 3 aromatic rings. The number of carbonyl (C=O) groups excluding carboxylic acids is 1. The lowest BCUT2D eigenvalue weighted by atomic mass is 10.1. The number of pyridine rings is 1. The number of amides is 1. The molecule has 0 bridgehead atoms. The SMILES string of the molecule is COc1cc(C=C2O[C@@H](C)CN([C@@H](C)c3ccc(F)nc3F)C2=O)ccc1-[n+]1cc(C)n(COP(=O)(O)O)c1. The van der Waals surface area contributed by atoms with Crippen LogP contribution in [-0.2, 0) is 25.4 Å². The van der Waals surface area contributed by atoms with Gasteiger partial charge in [0.1, 0.15) is 18.0 Å². The van der Waals surface area contributed by atoms with E-state index in [1.165, 1.54) is 22.6 Å². The van der Waals surface area contributed by atoms with Gasteiger partial charge >= 0.3 is 7.82 Å². The fourth-order valence-corrected chi connectivity index (χ4v) is 4.52. The third kappa shape index (κ3) is 6.51. The van der Waals surface area contributed by atoms with Crippen molar-refractivity contribution in [2.75, 3.05) is 13.7 Å². The molecule has 1 fully saturated rings. The van der Waals surface area contributed by atoms with Crippen LogP contribution in [0.1, 0.15) is 36.7 Å². The Bertz CT molecular complexity index is 1470. The first kappa shape index (κ1) is 28.4. The molecule has 0 spiro atoms. The van der Waals surface area contributed by atoms with E-state index in [4.69, 9.17) is 19.3 Å². The number of hydrogen-bond donors (Lipinski definition) is 2. The molecule has 1 saturated heterocycles. The number of hydrogen-bond acceptors (Lipinski definition) is 6. The van der Waals surface area contributed by atoms with Crippen molar-refractivity contribution in [3.05, 3.63) is 77.3 Å². The molecule has 0 radical (unpaired) electrons. The molecule has 14 heteroatoms. The molecule has 2 atom stereocenters. The Morgan fingerprint density at radius 1 is 1.31 bits per heavy atom. The molecular weight excluding hydrogens is 537 g/mol. The quantitative estimate of drug-likeness (QED) is 0.185. The summed E-state index contributed by atoms with van der Waals surface area (Å²) >= 11 is 0. The molecule has 3 heterocycles. The van der Waals surface area contributed by atoms with Gasteiger partial charge in [0, 0.05) is 12.5 Å². The zero-order chi connectivity index (χ0) is 28.5. The van der Waals surface area contributed by atoms with Crippen LogP contribution in [0, 0.1) is 18.8 Å². The number of imidazole rings is 1. The van der Waals surface area contributed by atoms with Crippen LogP contribution in [-0.4, -0.2) is 49.9 Å². The van der Waals surface area contributed by atoms with Crippen LogP contribution < -0.4 is 9.30 Å². The Kier molecular flexibility index (Phi) is 8.17. The van der Waals surface area contributed by atoms with E-state index in [9.17, 15) is 18.1 Å². The highest BCUT2D eigenvalue weighted by molar-refractivity contribution is 7.46. The Morgan fingerprint density at radius 3 is 2.72 bits per heavy atom. The van der Waals surface area contributed by atoms with Gasteiger partial charge in [-0.05, 0) is 49.8 Å². The van der Waals surface area contributed by atoms with Crippen molar-refractivity contribution in [2.24, 2.45) is 0 Å². The number of phosphoric acid groups is 1. The van der Waals surface area contributed by atoms with E-state index >= 15 is 0 Å². The first-order chi connectivity index (χ1) is 18.4. The number of carbonyl (C=O) groups is 1. The summed E-state index contributed by atoms with van der Waals surface area (Å²) < 4.78 is 57.8. The van der Waals surface area contributed by atoms with Crippen molar-refractivity contribution in [3.63, 3.8) is 0 Å². The molecule has 2 aromatic heterocycles. The van der Waals surface area contributed by atoms with E-state index in [0.717, 1.165) is 6.07 Å². The lowest BCUT2D eigenvalue weighted by Crippen LogP contribution is -2.45. The van der Waals surface area contributed by atoms with Gasteiger partial charge in [-0.3, -0.25) is 4.79 Å². The first-order valence-electron chi connectivity index (χ1n) is 11.8. The highest BCUT2D eigenvalue weighted by atomic mass is 31.2. The second kappa shape index (κ2) is 11.2. The third-order valence-corrected chi connectivity index (χ3v) is 6.65. The Morgan fingerprint density at radius 2 is 2.05 bits per heavy atom. The minimum atomic E-state index is -4.64. The van der Waals surface area contributed by atoms with Crippen molar-refractivity contribution in [1.82, 2.24) is 14.5 Å². The summed E-state index contributed by atoms with van der Waals surface area (Å²) in [7, 11) is -3.15. The van der Waals surface area contributed by atoms with Crippen LogP contribution in [0.2, 0.25) is 0 Å². The van der Waals surface area contributed by atoms with E-state index in [-0.39, 0.29) is 30.7 Å². The van der Waals surface area contributed by atoms with Crippen molar-refractivity contribution >= 4 is 19.8 Å². The molecule has 4 rings (SSSR count). The van der Waals surface area contributed by atoms with Gasteiger partial charge in [0.05, 0.1) is 19.7 Å². The summed E-state index contributed by atoms with van der Waals surface area (Å²) in [5.41, 5.74) is 1.98. The van der Waals surface area contributed by atoms with Crippen LogP contribution in [0.15, 0.2) is 48.6 Å². The Hall–Kier alpha value is -3.64. The fraction of sp³-hybridized carbons (Fsp3) is 0.320. The van der Waals surface area contributed by atoms with Crippen molar-refractivity contribution in [1.29, 1.82) is 0 Å². The van der Waals surface area contributed by atoms with Crippen molar-refractivity contribution in [3.8, 4) is 11.4 Å². The number of rotatable bonds is 8. The highest BCUT2D eigenvalue weighted by Gasteiger charge is 2.34. The van der Waals surface area contributed by atoms with Crippen LogP contribution in [0.3, 0.4) is 0 Å². The maximum absolute atomic E-state index is 14.3. The summed E-state index contributed by atoms with van der Waals surface area (Å²) in [6.45, 7) is 5.02. The topological polar surface area (TPSA) is 127 Å².